The number of piperazine rings is 1. The normalized spacial score (nSPS) is 14.9. The number of nitrogens with zero attached hydrogens (tertiary/aromatic N) is 4. The number of H-pyrrole nitrogens is 1. The van der Waals surface area contributed by atoms with Gasteiger partial charge in [0.1, 0.15) is 6.07 Å². The summed E-state index contributed by atoms with van der Waals surface area (Å²) in [5.74, 6) is 0.987. The summed E-state index contributed by atoms with van der Waals surface area (Å²) in [6.07, 6.45) is 9.44. The number of aromatic amines is 1. The van der Waals surface area contributed by atoms with Crippen molar-refractivity contribution in [2.45, 2.75) is 12.7 Å². The maximum atomic E-state index is 9.74. The second-order valence-corrected chi connectivity index (χ2v) is 10.2. The van der Waals surface area contributed by atoms with Gasteiger partial charge in [0.25, 0.3) is 0 Å². The van der Waals surface area contributed by atoms with E-state index in [1.807, 2.05) is 30.3 Å². The molecule has 5 rings (SSSR count). The van der Waals surface area contributed by atoms with Crippen molar-refractivity contribution in [3.05, 3.63) is 88.9 Å². The molecule has 2 aromatic carbocycles. The molecule has 0 aliphatic carbocycles. The smallest absolute Gasteiger partial charge is 0.103 e. The molecular formula is C29H30N6S. The van der Waals surface area contributed by atoms with Gasteiger partial charge in [-0.25, -0.2) is 4.31 Å². The van der Waals surface area contributed by atoms with Crippen molar-refractivity contribution in [3.8, 4) is 6.07 Å². The molecule has 3 heterocycles. The summed E-state index contributed by atoms with van der Waals surface area (Å²) in [6.45, 7) is 6.59. The summed E-state index contributed by atoms with van der Waals surface area (Å²) in [4.78, 5) is 9.92. The fourth-order valence-electron chi connectivity index (χ4n) is 4.38. The molecule has 0 spiro atoms. The van der Waals surface area contributed by atoms with E-state index in [0.717, 1.165) is 70.9 Å². The number of benzene rings is 2. The van der Waals surface area contributed by atoms with Crippen LogP contribution in [0.1, 0.15) is 27.8 Å². The Morgan fingerprint density at radius 2 is 1.86 bits per heavy atom. The van der Waals surface area contributed by atoms with Crippen molar-refractivity contribution in [1.82, 2.24) is 19.2 Å². The van der Waals surface area contributed by atoms with Gasteiger partial charge in [0.05, 0.1) is 11.3 Å². The second kappa shape index (κ2) is 11.0. The Morgan fingerprint density at radius 1 is 1.06 bits per heavy atom. The number of fused-ring (bicyclic) bond motifs is 1. The van der Waals surface area contributed by atoms with Crippen molar-refractivity contribution < 1.29 is 0 Å². The Morgan fingerprint density at radius 3 is 2.64 bits per heavy atom. The standard InChI is InChI=1S/C29H30N6S/c1-21-26-11-12-32-28(26)10-9-27(21)33-29-24(18-31-19-25(29)17-30)8-7-22-3-5-23(6-4-22)20-36-35-15-13-34(2)14-16-35/h3-12,18-19,32H,13-16,20H2,1-2H3,(H,31,33)/b8-7+. The molecule has 1 aliphatic rings. The first kappa shape index (κ1) is 24.1. The second-order valence-electron chi connectivity index (χ2n) is 9.15. The summed E-state index contributed by atoms with van der Waals surface area (Å²) in [5.41, 5.74) is 7.79. The molecule has 182 valence electrons. The van der Waals surface area contributed by atoms with Gasteiger partial charge in [0.2, 0.25) is 0 Å². The Bertz CT molecular complexity index is 1410. The molecule has 1 aliphatic heterocycles. The Hall–Kier alpha value is -3.57. The summed E-state index contributed by atoms with van der Waals surface area (Å²) in [7, 11) is 2.18. The molecule has 7 heteroatoms. The van der Waals surface area contributed by atoms with Gasteiger partial charge in [0, 0.05) is 72.7 Å². The van der Waals surface area contributed by atoms with Crippen LogP contribution in [0.25, 0.3) is 23.1 Å². The molecular weight excluding hydrogens is 464 g/mol. The van der Waals surface area contributed by atoms with Crippen molar-refractivity contribution in [2.75, 3.05) is 38.5 Å². The van der Waals surface area contributed by atoms with Gasteiger partial charge >= 0.3 is 0 Å². The van der Waals surface area contributed by atoms with E-state index in [2.05, 4.69) is 87.0 Å². The molecule has 6 nitrogen and oxygen atoms in total. The summed E-state index contributed by atoms with van der Waals surface area (Å²) in [6, 6.07) is 17.1. The van der Waals surface area contributed by atoms with Crippen molar-refractivity contribution in [3.63, 3.8) is 0 Å². The van der Waals surface area contributed by atoms with E-state index in [-0.39, 0.29) is 0 Å². The number of likely N-dealkylation sites (N-methyl/N-ethyl adjacent to an activating group) is 1. The van der Waals surface area contributed by atoms with E-state index in [0.29, 0.717) is 5.56 Å². The molecule has 0 radical (unpaired) electrons. The maximum Gasteiger partial charge on any atom is 0.103 e. The topological polar surface area (TPSA) is 71.0 Å². The molecule has 0 unspecified atom stereocenters. The number of rotatable bonds is 7. The molecule has 36 heavy (non-hydrogen) atoms. The maximum absolute atomic E-state index is 9.74. The number of hydrogen-bond acceptors (Lipinski definition) is 6. The van der Waals surface area contributed by atoms with Crippen molar-refractivity contribution in [2.24, 2.45) is 0 Å². The summed E-state index contributed by atoms with van der Waals surface area (Å²) in [5, 5.41) is 14.4. The van der Waals surface area contributed by atoms with Crippen LogP contribution in [0.2, 0.25) is 0 Å². The predicted octanol–water partition coefficient (Wildman–Crippen LogP) is 6.05. The van der Waals surface area contributed by atoms with Gasteiger partial charge in [-0.2, -0.15) is 5.26 Å². The van der Waals surface area contributed by atoms with Gasteiger partial charge < -0.3 is 15.2 Å². The first-order valence-corrected chi connectivity index (χ1v) is 13.1. The molecule has 1 fully saturated rings. The van der Waals surface area contributed by atoms with Crippen LogP contribution in [-0.2, 0) is 5.75 Å². The summed E-state index contributed by atoms with van der Waals surface area (Å²) >= 11 is 1.92. The van der Waals surface area contributed by atoms with E-state index in [1.54, 1.807) is 12.4 Å². The molecule has 1 saturated heterocycles. The fraction of sp³-hybridized carbons (Fsp3) is 0.241. The zero-order chi connectivity index (χ0) is 24.9. The number of nitriles is 1. The van der Waals surface area contributed by atoms with Crippen LogP contribution in [-0.4, -0.2) is 52.4 Å². The van der Waals surface area contributed by atoms with Gasteiger partial charge in [-0.05, 0) is 48.9 Å². The van der Waals surface area contributed by atoms with Crippen LogP contribution >= 0.6 is 11.9 Å². The number of anilines is 2. The third-order valence-corrected chi connectivity index (χ3v) is 7.86. The number of hydrogen-bond donors (Lipinski definition) is 2. The van der Waals surface area contributed by atoms with E-state index in [4.69, 9.17) is 0 Å². The quantitative estimate of drug-likeness (QED) is 0.305. The van der Waals surface area contributed by atoms with Crippen LogP contribution in [0.15, 0.2) is 61.1 Å². The minimum Gasteiger partial charge on any atom is -0.361 e. The molecule has 0 bridgehead atoms. The Kier molecular flexibility index (Phi) is 7.38. The van der Waals surface area contributed by atoms with Crippen LogP contribution in [0.4, 0.5) is 11.4 Å². The lowest BCUT2D eigenvalue weighted by Crippen LogP contribution is -2.41. The SMILES string of the molecule is Cc1c(Nc2c(C#N)cncc2/C=C/c2ccc(CSN3CCN(C)CC3)cc2)ccc2[nH]ccc12. The predicted molar refractivity (Wildman–Crippen MR) is 151 cm³/mol. The lowest BCUT2D eigenvalue weighted by atomic mass is 10.1. The highest BCUT2D eigenvalue weighted by molar-refractivity contribution is 7.96. The minimum atomic E-state index is 0.516. The summed E-state index contributed by atoms with van der Waals surface area (Å²) < 4.78 is 2.47. The third kappa shape index (κ3) is 5.47. The minimum absolute atomic E-state index is 0.516. The molecule has 0 saturated carbocycles. The first-order chi connectivity index (χ1) is 17.6. The van der Waals surface area contributed by atoms with Crippen molar-refractivity contribution in [1.29, 1.82) is 5.26 Å². The third-order valence-electron chi connectivity index (χ3n) is 6.67. The van der Waals surface area contributed by atoms with Crippen LogP contribution < -0.4 is 5.32 Å². The van der Waals surface area contributed by atoms with Gasteiger partial charge in [-0.15, -0.1) is 0 Å². The van der Waals surface area contributed by atoms with Crippen LogP contribution in [0.3, 0.4) is 0 Å². The fourth-order valence-corrected chi connectivity index (χ4v) is 5.32. The van der Waals surface area contributed by atoms with E-state index in [1.165, 1.54) is 5.56 Å². The highest BCUT2D eigenvalue weighted by Crippen LogP contribution is 2.31. The molecule has 2 aromatic heterocycles. The van der Waals surface area contributed by atoms with Crippen LogP contribution in [0.5, 0.6) is 0 Å². The van der Waals surface area contributed by atoms with E-state index in [9.17, 15) is 5.26 Å². The van der Waals surface area contributed by atoms with Crippen LogP contribution in [0, 0.1) is 18.3 Å². The number of nitrogens with one attached hydrogen (secondary N) is 2. The van der Waals surface area contributed by atoms with Crippen molar-refractivity contribution >= 4 is 46.4 Å². The Balaban J connectivity index is 1.30. The number of pyridine rings is 1. The molecule has 0 atom stereocenters. The lowest BCUT2D eigenvalue weighted by molar-refractivity contribution is 0.233. The highest BCUT2D eigenvalue weighted by Gasteiger charge is 2.14. The van der Waals surface area contributed by atoms with Gasteiger partial charge in [-0.1, -0.05) is 48.4 Å². The van der Waals surface area contributed by atoms with E-state index >= 15 is 0 Å². The lowest BCUT2D eigenvalue weighted by Gasteiger charge is -2.31. The average Bonchev–Trinajstić information content (AvgIpc) is 3.39. The monoisotopic (exact) mass is 494 g/mol. The number of aromatic nitrogens is 2. The van der Waals surface area contributed by atoms with E-state index < -0.39 is 0 Å². The molecule has 4 aromatic rings. The molecule has 2 N–H and O–H groups in total. The zero-order valence-electron chi connectivity index (χ0n) is 20.7. The largest absolute Gasteiger partial charge is 0.361 e. The highest BCUT2D eigenvalue weighted by atomic mass is 32.2. The average molecular weight is 495 g/mol. The number of aryl methyl sites for hydroxylation is 1. The molecule has 0 amide bonds. The Labute approximate surface area is 216 Å². The first-order valence-electron chi connectivity index (χ1n) is 12.2. The van der Waals surface area contributed by atoms with Gasteiger partial charge in [-0.3, -0.25) is 4.98 Å². The van der Waals surface area contributed by atoms with Gasteiger partial charge in [0.15, 0.2) is 0 Å². The zero-order valence-corrected chi connectivity index (χ0v) is 21.5.